The summed E-state index contributed by atoms with van der Waals surface area (Å²) in [6.07, 6.45) is -4.97. The van der Waals surface area contributed by atoms with Crippen LogP contribution in [0, 0.1) is 0 Å². The molecule has 0 bridgehead atoms. The molecule has 3 rings (SSSR count). The second-order valence-corrected chi connectivity index (χ2v) is 9.51. The Hall–Kier alpha value is -2.37. The lowest BCUT2D eigenvalue weighted by molar-refractivity contribution is -0.142. The number of nitrogens with zero attached hydrogens (tertiary/aromatic N) is 2. The minimum Gasteiger partial charge on any atom is -0.457 e. The number of alkyl halides is 3. The molecule has 0 atom stereocenters. The zero-order valence-corrected chi connectivity index (χ0v) is 18.8. The van der Waals surface area contributed by atoms with Crippen LogP contribution in [0.5, 0.6) is 0 Å². The molecule has 12 heteroatoms. The normalized spacial score (nSPS) is 12.1. The van der Waals surface area contributed by atoms with Gasteiger partial charge in [-0.25, -0.2) is 13.2 Å². The first kappa shape index (κ1) is 23.3. The number of hydrogen-bond acceptors (Lipinski definition) is 5. The molecule has 0 saturated heterocycles. The fraction of sp³-hybridized carbons (Fsp3) is 0.158. The van der Waals surface area contributed by atoms with Gasteiger partial charge in [-0.2, -0.15) is 18.3 Å². The van der Waals surface area contributed by atoms with Crippen LogP contribution in [0.2, 0.25) is 5.02 Å². The molecule has 0 aliphatic carbocycles. The van der Waals surface area contributed by atoms with Crippen LogP contribution in [0.4, 0.5) is 13.2 Å². The molecule has 3 aromatic rings. The maximum atomic E-state index is 13.5. The summed E-state index contributed by atoms with van der Waals surface area (Å²) < 4.78 is 73.0. The molecule has 0 unspecified atom stereocenters. The van der Waals surface area contributed by atoms with Crippen LogP contribution < -0.4 is 0 Å². The number of sulfone groups is 1. The van der Waals surface area contributed by atoms with Crippen LogP contribution in [0.1, 0.15) is 21.6 Å². The van der Waals surface area contributed by atoms with E-state index < -0.39 is 44.9 Å². The number of carbonyl (C=O) groups is 1. The van der Waals surface area contributed by atoms with E-state index in [1.165, 1.54) is 48.5 Å². The molecule has 0 saturated carbocycles. The molecule has 0 N–H and O–H groups in total. The minimum absolute atomic E-state index is 0.0409. The van der Waals surface area contributed by atoms with Crippen molar-refractivity contribution in [3.05, 3.63) is 74.8 Å². The van der Waals surface area contributed by atoms with Gasteiger partial charge < -0.3 is 4.74 Å². The van der Waals surface area contributed by atoms with Gasteiger partial charge in [0.15, 0.2) is 10.7 Å². The van der Waals surface area contributed by atoms with Gasteiger partial charge in [0, 0.05) is 16.5 Å². The molecule has 0 amide bonds. The zero-order valence-electron chi connectivity index (χ0n) is 15.7. The van der Waals surface area contributed by atoms with Crippen LogP contribution in [-0.2, 0) is 34.4 Å². The van der Waals surface area contributed by atoms with E-state index in [-0.39, 0.29) is 10.5 Å². The second kappa shape index (κ2) is 8.64. The van der Waals surface area contributed by atoms with Crippen molar-refractivity contribution in [3.8, 4) is 0 Å². The number of esters is 1. The minimum atomic E-state index is -4.97. The van der Waals surface area contributed by atoms with Crippen molar-refractivity contribution in [1.82, 2.24) is 9.78 Å². The number of ether oxygens (including phenoxy) is 1. The van der Waals surface area contributed by atoms with E-state index in [1.54, 1.807) is 0 Å². The Morgan fingerprint density at radius 2 is 1.71 bits per heavy atom. The lowest BCUT2D eigenvalue weighted by atomic mass is 10.2. The topological polar surface area (TPSA) is 78.3 Å². The number of aromatic nitrogens is 2. The Morgan fingerprint density at radius 1 is 1.13 bits per heavy atom. The smallest absolute Gasteiger partial charge is 0.435 e. The fourth-order valence-electron chi connectivity index (χ4n) is 2.78. The van der Waals surface area contributed by atoms with Gasteiger partial charge in [0.05, 0.1) is 16.0 Å². The van der Waals surface area contributed by atoms with Crippen LogP contribution >= 0.6 is 27.5 Å². The van der Waals surface area contributed by atoms with Gasteiger partial charge in [0.1, 0.15) is 6.61 Å². The summed E-state index contributed by atoms with van der Waals surface area (Å²) in [7, 11) is -3.33. The zero-order chi connectivity index (χ0) is 23.0. The molecule has 2 aromatic carbocycles. The van der Waals surface area contributed by atoms with Gasteiger partial charge in [0.25, 0.3) is 0 Å². The SMILES string of the molecule is Cn1nc(C(F)(F)F)c(COC(=O)c2ccc(Cl)cc2)c1S(=O)(=O)c1ccc(Br)cc1. The van der Waals surface area contributed by atoms with E-state index in [9.17, 15) is 26.4 Å². The van der Waals surface area contributed by atoms with E-state index in [0.29, 0.717) is 14.2 Å². The second-order valence-electron chi connectivity index (χ2n) is 6.29. The number of halogens is 5. The highest BCUT2D eigenvalue weighted by molar-refractivity contribution is 9.10. The summed E-state index contributed by atoms with van der Waals surface area (Å²) in [4.78, 5) is 12.0. The number of benzene rings is 2. The molecule has 1 heterocycles. The summed E-state index contributed by atoms with van der Waals surface area (Å²) in [5.74, 6) is -0.944. The summed E-state index contributed by atoms with van der Waals surface area (Å²) in [6.45, 7) is -0.949. The van der Waals surface area contributed by atoms with Crippen LogP contribution in [0.25, 0.3) is 0 Å². The van der Waals surface area contributed by atoms with E-state index in [4.69, 9.17) is 16.3 Å². The molecule has 0 radical (unpaired) electrons. The van der Waals surface area contributed by atoms with E-state index in [1.807, 2.05) is 0 Å². The van der Waals surface area contributed by atoms with Crippen LogP contribution in [0.3, 0.4) is 0 Å². The van der Waals surface area contributed by atoms with Gasteiger partial charge >= 0.3 is 12.1 Å². The lowest BCUT2D eigenvalue weighted by Crippen LogP contribution is -2.14. The third-order valence-corrected chi connectivity index (χ3v) is 6.86. The summed E-state index contributed by atoms with van der Waals surface area (Å²) in [5.41, 5.74) is -2.17. The molecule has 0 aliphatic heterocycles. The molecule has 164 valence electrons. The largest absolute Gasteiger partial charge is 0.457 e. The Labute approximate surface area is 188 Å². The summed E-state index contributed by atoms with van der Waals surface area (Å²) in [6, 6.07) is 10.8. The van der Waals surface area contributed by atoms with E-state index in [2.05, 4.69) is 21.0 Å². The molecule has 0 spiro atoms. The molecule has 0 fully saturated rings. The monoisotopic (exact) mass is 536 g/mol. The Morgan fingerprint density at radius 3 is 2.26 bits per heavy atom. The first-order chi connectivity index (χ1) is 14.4. The molecular formula is C19H13BrClF3N2O4S. The summed E-state index contributed by atoms with van der Waals surface area (Å²) >= 11 is 8.91. The maximum absolute atomic E-state index is 13.5. The highest BCUT2D eigenvalue weighted by Gasteiger charge is 2.42. The lowest BCUT2D eigenvalue weighted by Gasteiger charge is -2.11. The van der Waals surface area contributed by atoms with Crippen LogP contribution in [-0.4, -0.2) is 24.2 Å². The first-order valence-corrected chi connectivity index (χ1v) is 11.1. The van der Waals surface area contributed by atoms with Crippen molar-refractivity contribution >= 4 is 43.3 Å². The molecule has 6 nitrogen and oxygen atoms in total. The third-order valence-electron chi connectivity index (χ3n) is 4.16. The molecule has 31 heavy (non-hydrogen) atoms. The molecule has 1 aromatic heterocycles. The first-order valence-electron chi connectivity index (χ1n) is 8.47. The summed E-state index contributed by atoms with van der Waals surface area (Å²) in [5, 5.41) is 2.98. The maximum Gasteiger partial charge on any atom is 0.435 e. The van der Waals surface area contributed by atoms with Crippen molar-refractivity contribution in [2.75, 3.05) is 0 Å². The molecule has 0 aliphatic rings. The number of hydrogen-bond donors (Lipinski definition) is 0. The van der Waals surface area contributed by atoms with Gasteiger partial charge in [-0.1, -0.05) is 27.5 Å². The van der Waals surface area contributed by atoms with Gasteiger partial charge in [-0.05, 0) is 48.5 Å². The van der Waals surface area contributed by atoms with Crippen molar-refractivity contribution < 1.29 is 31.1 Å². The Bertz CT molecular complexity index is 1220. The predicted octanol–water partition coefficient (Wildman–Crippen LogP) is 5.04. The van der Waals surface area contributed by atoms with Gasteiger partial charge in [-0.15, -0.1) is 0 Å². The predicted molar refractivity (Wildman–Crippen MR) is 108 cm³/mol. The number of carbonyl (C=O) groups excluding carboxylic acids is 1. The van der Waals surface area contributed by atoms with Crippen molar-refractivity contribution in [2.45, 2.75) is 22.7 Å². The van der Waals surface area contributed by atoms with E-state index in [0.717, 1.165) is 7.05 Å². The number of rotatable bonds is 5. The highest BCUT2D eigenvalue weighted by atomic mass is 79.9. The van der Waals surface area contributed by atoms with Gasteiger partial charge in [0.2, 0.25) is 9.84 Å². The third kappa shape index (κ3) is 4.94. The average Bonchev–Trinajstić information content (AvgIpc) is 3.04. The highest BCUT2D eigenvalue weighted by Crippen LogP contribution is 2.36. The fourth-order valence-corrected chi connectivity index (χ4v) is 4.76. The van der Waals surface area contributed by atoms with E-state index >= 15 is 0 Å². The standard InChI is InChI=1S/C19H13BrClF3N2O4S/c1-26-17(31(28,29)14-8-4-12(20)5-9-14)15(16(25-26)19(22,23)24)10-30-18(27)11-2-6-13(21)7-3-11/h2-9H,10H2,1H3. The quantitative estimate of drug-likeness (QED) is 0.426. The number of aryl methyl sites for hydroxylation is 1. The van der Waals surface area contributed by atoms with Crippen LogP contribution in [0.15, 0.2) is 62.9 Å². The average molecular weight is 538 g/mol. The Kier molecular flexibility index (Phi) is 6.49. The van der Waals surface area contributed by atoms with Crippen molar-refractivity contribution in [3.63, 3.8) is 0 Å². The van der Waals surface area contributed by atoms with Crippen molar-refractivity contribution in [2.24, 2.45) is 7.05 Å². The molecular weight excluding hydrogens is 525 g/mol. The van der Waals surface area contributed by atoms with Crippen molar-refractivity contribution in [1.29, 1.82) is 0 Å². The van der Waals surface area contributed by atoms with Gasteiger partial charge in [-0.3, -0.25) is 4.68 Å². The Balaban J connectivity index is 2.04.